The van der Waals surface area contributed by atoms with Gasteiger partial charge in [-0.1, -0.05) is 19.0 Å². The summed E-state index contributed by atoms with van der Waals surface area (Å²) in [5.41, 5.74) is 0. The van der Waals surface area contributed by atoms with Crippen LogP contribution in [0.4, 0.5) is 0 Å². The Kier molecular flexibility index (Phi) is 5.62. The fourth-order valence-electron chi connectivity index (χ4n) is 1.22. The van der Waals surface area contributed by atoms with E-state index in [1.807, 2.05) is 0 Å². The van der Waals surface area contributed by atoms with Crippen LogP contribution < -0.4 is 10.6 Å². The van der Waals surface area contributed by atoms with Crippen LogP contribution >= 0.6 is 0 Å². The first-order valence-corrected chi connectivity index (χ1v) is 5.84. The largest absolute Gasteiger partial charge is 0.356 e. The van der Waals surface area contributed by atoms with Crippen molar-refractivity contribution >= 4 is 5.91 Å². The number of nitrogens with zero attached hydrogens (tertiary/aromatic N) is 2. The molecular formula is C11H20N4O2. The zero-order chi connectivity index (χ0) is 12.7. The lowest BCUT2D eigenvalue weighted by Crippen LogP contribution is -2.30. The number of rotatable bonds is 7. The van der Waals surface area contributed by atoms with Crippen molar-refractivity contribution in [1.29, 1.82) is 0 Å². The third kappa shape index (κ3) is 6.01. The summed E-state index contributed by atoms with van der Waals surface area (Å²) in [6.45, 7) is 7.74. The van der Waals surface area contributed by atoms with E-state index in [9.17, 15) is 4.79 Å². The number of hydrogen-bond acceptors (Lipinski definition) is 5. The molecule has 0 aliphatic carbocycles. The maximum atomic E-state index is 11.4. The van der Waals surface area contributed by atoms with Gasteiger partial charge in [0.05, 0.1) is 6.54 Å². The lowest BCUT2D eigenvalue weighted by Gasteiger charge is -2.07. The van der Waals surface area contributed by atoms with E-state index in [-0.39, 0.29) is 5.91 Å². The van der Waals surface area contributed by atoms with Gasteiger partial charge in [-0.25, -0.2) is 0 Å². The molecule has 0 fully saturated rings. The number of amides is 1. The third-order valence-electron chi connectivity index (χ3n) is 2.09. The van der Waals surface area contributed by atoms with Crippen LogP contribution in [0.1, 0.15) is 32.0 Å². The number of nitrogens with one attached hydrogen (secondary N) is 2. The Balaban J connectivity index is 2.06. The minimum absolute atomic E-state index is 0.0653. The molecule has 0 radical (unpaired) electrons. The van der Waals surface area contributed by atoms with Gasteiger partial charge < -0.3 is 15.2 Å². The van der Waals surface area contributed by atoms with Gasteiger partial charge in [0.1, 0.15) is 0 Å². The molecule has 1 aromatic rings. The molecule has 1 amide bonds. The predicted molar refractivity (Wildman–Crippen MR) is 63.2 cm³/mol. The van der Waals surface area contributed by atoms with Crippen molar-refractivity contribution in [3.05, 3.63) is 11.7 Å². The van der Waals surface area contributed by atoms with Crippen molar-refractivity contribution in [2.24, 2.45) is 5.92 Å². The second kappa shape index (κ2) is 7.01. The van der Waals surface area contributed by atoms with E-state index < -0.39 is 0 Å². The Labute approximate surface area is 101 Å². The van der Waals surface area contributed by atoms with Gasteiger partial charge in [0.2, 0.25) is 11.8 Å². The summed E-state index contributed by atoms with van der Waals surface area (Å²) in [7, 11) is 0. The summed E-state index contributed by atoms with van der Waals surface area (Å²) < 4.78 is 4.83. The van der Waals surface area contributed by atoms with Gasteiger partial charge in [-0.3, -0.25) is 4.79 Å². The first-order chi connectivity index (χ1) is 8.08. The van der Waals surface area contributed by atoms with Crippen molar-refractivity contribution in [3.8, 4) is 0 Å². The van der Waals surface area contributed by atoms with Crippen LogP contribution in [0.3, 0.4) is 0 Å². The Morgan fingerprint density at radius 3 is 2.82 bits per heavy atom. The average molecular weight is 240 g/mol. The molecular weight excluding hydrogens is 220 g/mol. The monoisotopic (exact) mass is 240 g/mol. The average Bonchev–Trinajstić information content (AvgIpc) is 2.68. The van der Waals surface area contributed by atoms with Crippen molar-refractivity contribution < 1.29 is 9.32 Å². The van der Waals surface area contributed by atoms with Gasteiger partial charge in [0, 0.05) is 26.4 Å². The lowest BCUT2D eigenvalue weighted by atomic mass is 10.2. The molecule has 17 heavy (non-hydrogen) atoms. The zero-order valence-electron chi connectivity index (χ0n) is 10.6. The lowest BCUT2D eigenvalue weighted by molar-refractivity contribution is -0.121. The van der Waals surface area contributed by atoms with Crippen molar-refractivity contribution in [1.82, 2.24) is 20.8 Å². The normalized spacial score (nSPS) is 10.8. The smallest absolute Gasteiger partial charge is 0.223 e. The Morgan fingerprint density at radius 1 is 1.47 bits per heavy atom. The molecule has 96 valence electrons. The number of hydrogen-bond donors (Lipinski definition) is 2. The van der Waals surface area contributed by atoms with E-state index in [1.54, 1.807) is 6.92 Å². The standard InChI is InChI=1S/C11H20N4O2/c1-8(2)6-13-11(16)4-5-12-7-10-14-9(3)17-15-10/h8,12H,4-7H2,1-3H3,(H,13,16). The first-order valence-electron chi connectivity index (χ1n) is 5.84. The molecule has 6 nitrogen and oxygen atoms in total. The summed E-state index contributed by atoms with van der Waals surface area (Å²) in [6.07, 6.45) is 0.462. The van der Waals surface area contributed by atoms with Gasteiger partial charge in [0.25, 0.3) is 0 Å². The summed E-state index contributed by atoms with van der Waals surface area (Å²) in [5.74, 6) is 1.71. The SMILES string of the molecule is Cc1nc(CNCCC(=O)NCC(C)C)no1. The van der Waals surface area contributed by atoms with E-state index in [2.05, 4.69) is 34.6 Å². The molecule has 6 heteroatoms. The van der Waals surface area contributed by atoms with Gasteiger partial charge >= 0.3 is 0 Å². The minimum atomic E-state index is 0.0653. The molecule has 0 atom stereocenters. The van der Waals surface area contributed by atoms with E-state index in [0.29, 0.717) is 37.1 Å². The fourth-order valence-corrected chi connectivity index (χ4v) is 1.22. The van der Waals surface area contributed by atoms with Crippen molar-refractivity contribution in [3.63, 3.8) is 0 Å². The first kappa shape index (κ1) is 13.6. The minimum Gasteiger partial charge on any atom is -0.356 e. The maximum Gasteiger partial charge on any atom is 0.223 e. The highest BCUT2D eigenvalue weighted by molar-refractivity contribution is 5.76. The molecule has 0 aliphatic heterocycles. The van der Waals surface area contributed by atoms with E-state index in [0.717, 1.165) is 6.54 Å². The molecule has 1 rings (SSSR count). The highest BCUT2D eigenvalue weighted by atomic mass is 16.5. The highest BCUT2D eigenvalue weighted by Crippen LogP contribution is 1.93. The van der Waals surface area contributed by atoms with Crippen LogP contribution in [-0.4, -0.2) is 29.1 Å². The van der Waals surface area contributed by atoms with E-state index >= 15 is 0 Å². The number of aromatic nitrogens is 2. The van der Waals surface area contributed by atoms with Gasteiger partial charge in [-0.2, -0.15) is 4.98 Å². The van der Waals surface area contributed by atoms with Crippen LogP contribution in [0.2, 0.25) is 0 Å². The Hall–Kier alpha value is -1.43. The molecule has 0 aliphatic rings. The quantitative estimate of drug-likeness (QED) is 0.683. The molecule has 0 spiro atoms. The fraction of sp³-hybridized carbons (Fsp3) is 0.727. The summed E-state index contributed by atoms with van der Waals surface area (Å²) in [4.78, 5) is 15.4. The summed E-state index contributed by atoms with van der Waals surface area (Å²) in [5, 5.41) is 9.69. The summed E-state index contributed by atoms with van der Waals surface area (Å²) in [6, 6.07) is 0. The molecule has 0 bridgehead atoms. The van der Waals surface area contributed by atoms with Crippen LogP contribution in [-0.2, 0) is 11.3 Å². The van der Waals surface area contributed by atoms with Gasteiger partial charge in [-0.05, 0) is 5.92 Å². The predicted octanol–water partition coefficient (Wildman–Crippen LogP) is 0.630. The maximum absolute atomic E-state index is 11.4. The van der Waals surface area contributed by atoms with E-state index in [4.69, 9.17) is 4.52 Å². The van der Waals surface area contributed by atoms with Crippen LogP contribution in [0.15, 0.2) is 4.52 Å². The second-order valence-electron chi connectivity index (χ2n) is 4.35. The van der Waals surface area contributed by atoms with Crippen LogP contribution in [0.5, 0.6) is 0 Å². The molecule has 0 aromatic carbocycles. The topological polar surface area (TPSA) is 80.0 Å². The van der Waals surface area contributed by atoms with Gasteiger partial charge in [0.15, 0.2) is 5.82 Å². The third-order valence-corrected chi connectivity index (χ3v) is 2.09. The molecule has 0 saturated heterocycles. The number of carbonyl (C=O) groups excluding carboxylic acids is 1. The van der Waals surface area contributed by atoms with E-state index in [1.165, 1.54) is 0 Å². The Bertz CT molecular complexity index is 349. The van der Waals surface area contributed by atoms with Gasteiger partial charge in [-0.15, -0.1) is 0 Å². The molecule has 1 aromatic heterocycles. The molecule has 0 saturated carbocycles. The summed E-state index contributed by atoms with van der Waals surface area (Å²) >= 11 is 0. The van der Waals surface area contributed by atoms with Crippen LogP contribution in [0.25, 0.3) is 0 Å². The number of carbonyl (C=O) groups is 1. The van der Waals surface area contributed by atoms with Crippen LogP contribution in [0, 0.1) is 12.8 Å². The van der Waals surface area contributed by atoms with Crippen molar-refractivity contribution in [2.75, 3.05) is 13.1 Å². The highest BCUT2D eigenvalue weighted by Gasteiger charge is 2.03. The molecule has 2 N–H and O–H groups in total. The molecule has 0 unspecified atom stereocenters. The Morgan fingerprint density at radius 2 is 2.24 bits per heavy atom. The molecule has 1 heterocycles. The second-order valence-corrected chi connectivity index (χ2v) is 4.35. The van der Waals surface area contributed by atoms with Crippen molar-refractivity contribution in [2.45, 2.75) is 33.7 Å². The number of aryl methyl sites for hydroxylation is 1. The zero-order valence-corrected chi connectivity index (χ0v) is 10.6.